The molecule has 0 fully saturated rings. The zero-order valence-corrected chi connectivity index (χ0v) is 14.6. The molecule has 0 atom stereocenters. The molecular formula is C20H15N3O2S. The summed E-state index contributed by atoms with van der Waals surface area (Å²) >= 11 is 1.41. The Kier molecular flexibility index (Phi) is 4.33. The molecule has 0 aliphatic carbocycles. The number of aromatic nitrogens is 2. The van der Waals surface area contributed by atoms with Crippen LogP contribution in [0.2, 0.25) is 0 Å². The summed E-state index contributed by atoms with van der Waals surface area (Å²) in [6.45, 7) is -0.0826. The van der Waals surface area contributed by atoms with E-state index in [2.05, 4.69) is 10.3 Å². The van der Waals surface area contributed by atoms with Gasteiger partial charge in [-0.2, -0.15) is 0 Å². The summed E-state index contributed by atoms with van der Waals surface area (Å²) in [6, 6.07) is 19.2. The van der Waals surface area contributed by atoms with Crippen molar-refractivity contribution in [2.24, 2.45) is 0 Å². The number of carbonyl (C=O) groups excluding carboxylic acids is 1. The molecule has 128 valence electrons. The number of anilines is 1. The van der Waals surface area contributed by atoms with Gasteiger partial charge in [0.05, 0.1) is 11.7 Å². The molecule has 4 rings (SSSR count). The summed E-state index contributed by atoms with van der Waals surface area (Å²) in [4.78, 5) is 29.8. The molecule has 0 saturated heterocycles. The maximum atomic E-state index is 12.5. The molecule has 1 N–H and O–H groups in total. The van der Waals surface area contributed by atoms with Crippen molar-refractivity contribution in [3.05, 3.63) is 82.7 Å². The van der Waals surface area contributed by atoms with Gasteiger partial charge in [-0.3, -0.25) is 14.2 Å². The average molecular weight is 361 g/mol. The number of rotatable bonds is 4. The van der Waals surface area contributed by atoms with Gasteiger partial charge in [0.25, 0.3) is 5.56 Å². The van der Waals surface area contributed by atoms with Crippen LogP contribution in [-0.2, 0) is 11.3 Å². The van der Waals surface area contributed by atoms with Gasteiger partial charge >= 0.3 is 0 Å². The number of carbonyl (C=O) groups is 1. The summed E-state index contributed by atoms with van der Waals surface area (Å²) in [5.41, 5.74) is 2.45. The Labute approximate surface area is 153 Å². The van der Waals surface area contributed by atoms with E-state index < -0.39 is 0 Å². The van der Waals surface area contributed by atoms with Crippen molar-refractivity contribution >= 4 is 33.1 Å². The van der Waals surface area contributed by atoms with Crippen molar-refractivity contribution in [1.29, 1.82) is 0 Å². The van der Waals surface area contributed by atoms with Crippen molar-refractivity contribution in [1.82, 2.24) is 9.55 Å². The zero-order chi connectivity index (χ0) is 17.9. The first-order valence-electron chi connectivity index (χ1n) is 8.09. The molecule has 2 aromatic heterocycles. The minimum atomic E-state index is -0.271. The van der Waals surface area contributed by atoms with Gasteiger partial charge in [-0.25, -0.2) is 4.98 Å². The van der Waals surface area contributed by atoms with Crippen molar-refractivity contribution in [3.63, 3.8) is 0 Å². The standard InChI is InChI=1S/C20H15N3O2S/c24-18(12-23-13-21-19-16(20(23)25)10-11-26-19)22-17-9-5-4-8-15(17)14-6-2-1-3-7-14/h1-11,13H,12H2,(H,22,24). The van der Waals surface area contributed by atoms with Gasteiger partial charge in [0, 0.05) is 11.3 Å². The van der Waals surface area contributed by atoms with Crippen molar-refractivity contribution in [3.8, 4) is 11.1 Å². The Bertz CT molecular complexity index is 1130. The third kappa shape index (κ3) is 3.14. The smallest absolute Gasteiger partial charge is 0.262 e. The highest BCUT2D eigenvalue weighted by Gasteiger charge is 2.11. The predicted molar refractivity (Wildman–Crippen MR) is 104 cm³/mol. The first-order valence-corrected chi connectivity index (χ1v) is 8.97. The third-order valence-electron chi connectivity index (χ3n) is 4.05. The van der Waals surface area contributed by atoms with Crippen LogP contribution in [0.25, 0.3) is 21.3 Å². The van der Waals surface area contributed by atoms with Gasteiger partial charge in [-0.1, -0.05) is 48.5 Å². The van der Waals surface area contributed by atoms with E-state index in [-0.39, 0.29) is 18.0 Å². The van der Waals surface area contributed by atoms with Gasteiger partial charge in [0.1, 0.15) is 11.4 Å². The van der Waals surface area contributed by atoms with E-state index in [9.17, 15) is 9.59 Å². The lowest BCUT2D eigenvalue weighted by Gasteiger charge is -2.12. The fraction of sp³-hybridized carbons (Fsp3) is 0.0500. The van der Waals surface area contributed by atoms with Gasteiger partial charge in [-0.05, 0) is 23.1 Å². The second kappa shape index (κ2) is 6.93. The first-order chi connectivity index (χ1) is 12.7. The van der Waals surface area contributed by atoms with Crippen molar-refractivity contribution in [2.45, 2.75) is 6.54 Å². The van der Waals surface area contributed by atoms with E-state index >= 15 is 0 Å². The Hall–Kier alpha value is -3.25. The molecule has 0 unspecified atom stereocenters. The van der Waals surface area contributed by atoms with E-state index in [0.29, 0.717) is 15.9 Å². The number of para-hydroxylation sites is 1. The summed E-state index contributed by atoms with van der Waals surface area (Å²) in [5.74, 6) is -0.271. The minimum absolute atomic E-state index is 0.0826. The fourth-order valence-corrected chi connectivity index (χ4v) is 3.54. The second-order valence-electron chi connectivity index (χ2n) is 5.78. The number of benzene rings is 2. The molecule has 0 aliphatic rings. The highest BCUT2D eigenvalue weighted by Crippen LogP contribution is 2.27. The highest BCUT2D eigenvalue weighted by atomic mass is 32.1. The molecule has 0 spiro atoms. The lowest BCUT2D eigenvalue weighted by Crippen LogP contribution is -2.27. The molecule has 1 amide bonds. The Morgan fingerprint density at radius 3 is 2.65 bits per heavy atom. The van der Waals surface area contributed by atoms with Gasteiger partial charge in [0.15, 0.2) is 0 Å². The van der Waals surface area contributed by atoms with Crippen LogP contribution in [0.1, 0.15) is 0 Å². The monoisotopic (exact) mass is 361 g/mol. The molecule has 0 bridgehead atoms. The van der Waals surface area contributed by atoms with Crippen LogP contribution in [0.5, 0.6) is 0 Å². The number of hydrogen-bond acceptors (Lipinski definition) is 4. The van der Waals surface area contributed by atoms with E-state index in [1.54, 1.807) is 6.07 Å². The van der Waals surface area contributed by atoms with Crippen LogP contribution < -0.4 is 10.9 Å². The van der Waals surface area contributed by atoms with Crippen LogP contribution in [0, 0.1) is 0 Å². The Morgan fingerprint density at radius 2 is 1.81 bits per heavy atom. The molecule has 2 aromatic carbocycles. The average Bonchev–Trinajstić information content (AvgIpc) is 3.15. The molecule has 0 saturated carbocycles. The van der Waals surface area contributed by atoms with Gasteiger partial charge < -0.3 is 5.32 Å². The third-order valence-corrected chi connectivity index (χ3v) is 4.87. The molecule has 0 radical (unpaired) electrons. The largest absolute Gasteiger partial charge is 0.324 e. The van der Waals surface area contributed by atoms with Gasteiger partial charge in [-0.15, -0.1) is 11.3 Å². The van der Waals surface area contributed by atoms with Crippen LogP contribution in [0.3, 0.4) is 0 Å². The molecule has 2 heterocycles. The molecule has 26 heavy (non-hydrogen) atoms. The fourth-order valence-electron chi connectivity index (χ4n) is 2.81. The van der Waals surface area contributed by atoms with Crippen LogP contribution in [-0.4, -0.2) is 15.5 Å². The summed E-state index contributed by atoms with van der Waals surface area (Å²) in [6.07, 6.45) is 1.42. The van der Waals surface area contributed by atoms with Crippen molar-refractivity contribution in [2.75, 3.05) is 5.32 Å². The minimum Gasteiger partial charge on any atom is -0.324 e. The number of fused-ring (bicyclic) bond motifs is 1. The summed E-state index contributed by atoms with van der Waals surface area (Å²) in [5, 5.41) is 5.26. The molecule has 4 aromatic rings. The number of thiophene rings is 1. The quantitative estimate of drug-likeness (QED) is 0.602. The maximum absolute atomic E-state index is 12.5. The van der Waals surface area contributed by atoms with E-state index in [0.717, 1.165) is 11.1 Å². The molecule has 5 nitrogen and oxygen atoms in total. The number of hydrogen-bond donors (Lipinski definition) is 1. The maximum Gasteiger partial charge on any atom is 0.262 e. The first kappa shape index (κ1) is 16.2. The summed E-state index contributed by atoms with van der Waals surface area (Å²) < 4.78 is 1.33. The second-order valence-corrected chi connectivity index (χ2v) is 6.67. The normalized spacial score (nSPS) is 10.8. The van der Waals surface area contributed by atoms with Crippen molar-refractivity contribution < 1.29 is 4.79 Å². The predicted octanol–water partition coefficient (Wildman–Crippen LogP) is 3.76. The van der Waals surface area contributed by atoms with E-state index in [1.807, 2.05) is 60.0 Å². The number of amides is 1. The van der Waals surface area contributed by atoms with E-state index in [4.69, 9.17) is 0 Å². The van der Waals surface area contributed by atoms with Crippen LogP contribution in [0.4, 0.5) is 5.69 Å². The Balaban J connectivity index is 1.59. The van der Waals surface area contributed by atoms with Crippen LogP contribution in [0.15, 0.2) is 77.2 Å². The molecule has 0 aliphatic heterocycles. The lowest BCUT2D eigenvalue weighted by molar-refractivity contribution is -0.116. The molecule has 6 heteroatoms. The highest BCUT2D eigenvalue weighted by molar-refractivity contribution is 7.16. The number of nitrogens with zero attached hydrogens (tertiary/aromatic N) is 2. The topological polar surface area (TPSA) is 64.0 Å². The zero-order valence-electron chi connectivity index (χ0n) is 13.8. The summed E-state index contributed by atoms with van der Waals surface area (Å²) in [7, 11) is 0. The molecular weight excluding hydrogens is 346 g/mol. The van der Waals surface area contributed by atoms with E-state index in [1.165, 1.54) is 22.2 Å². The lowest BCUT2D eigenvalue weighted by atomic mass is 10.0. The van der Waals surface area contributed by atoms with Gasteiger partial charge in [0.2, 0.25) is 5.91 Å². The number of nitrogens with one attached hydrogen (secondary N) is 1. The SMILES string of the molecule is O=C(Cn1cnc2sccc2c1=O)Nc1ccccc1-c1ccccc1. The van der Waals surface area contributed by atoms with Crippen LogP contribution >= 0.6 is 11.3 Å². The Morgan fingerprint density at radius 1 is 1.04 bits per heavy atom.